The second kappa shape index (κ2) is 7.31. The highest BCUT2D eigenvalue weighted by Crippen LogP contribution is 2.24. The van der Waals surface area contributed by atoms with Crippen molar-refractivity contribution in [1.29, 1.82) is 0 Å². The number of hydrogen-bond donors (Lipinski definition) is 2. The van der Waals surface area contributed by atoms with E-state index in [-0.39, 0.29) is 5.91 Å². The van der Waals surface area contributed by atoms with Crippen LogP contribution in [0.2, 0.25) is 0 Å². The number of hydrogen-bond acceptors (Lipinski definition) is 4. The minimum absolute atomic E-state index is 0.173. The molecule has 2 heterocycles. The van der Waals surface area contributed by atoms with E-state index in [9.17, 15) is 9.59 Å². The van der Waals surface area contributed by atoms with Crippen molar-refractivity contribution in [3.63, 3.8) is 0 Å². The molecule has 132 valence electrons. The molecular weight excluding hydrogens is 336 g/mol. The van der Waals surface area contributed by atoms with Crippen molar-refractivity contribution in [2.24, 2.45) is 5.73 Å². The molecule has 6 nitrogen and oxygen atoms in total. The van der Waals surface area contributed by atoms with Crippen LogP contribution in [-0.2, 0) is 17.8 Å². The van der Waals surface area contributed by atoms with Gasteiger partial charge < -0.3 is 15.6 Å². The number of imidazole rings is 1. The summed E-state index contributed by atoms with van der Waals surface area (Å²) in [7, 11) is 0. The van der Waals surface area contributed by atoms with Crippen molar-refractivity contribution >= 4 is 23.6 Å². The third kappa shape index (κ3) is 4.04. The first-order valence-electron chi connectivity index (χ1n) is 8.31. The van der Waals surface area contributed by atoms with E-state index < -0.39 is 5.91 Å². The van der Waals surface area contributed by atoms with Crippen molar-refractivity contribution in [3.05, 3.63) is 41.2 Å². The van der Waals surface area contributed by atoms with Crippen LogP contribution >= 0.6 is 11.8 Å². The largest absolute Gasteiger partial charge is 0.366 e. The Hall–Kier alpha value is -2.28. The zero-order chi connectivity index (χ0) is 18.0. The number of nitrogens with one attached hydrogen (secondary N) is 1. The smallest absolute Gasteiger partial charge is 0.248 e. The van der Waals surface area contributed by atoms with E-state index in [1.165, 1.54) is 0 Å². The molecule has 1 aromatic carbocycles. The highest BCUT2D eigenvalue weighted by atomic mass is 32.2. The van der Waals surface area contributed by atoms with Crippen molar-refractivity contribution in [2.45, 2.75) is 32.1 Å². The van der Waals surface area contributed by atoms with E-state index >= 15 is 0 Å². The Kier molecular flexibility index (Phi) is 5.13. The third-order valence-corrected chi connectivity index (χ3v) is 5.25. The number of aromatic nitrogens is 2. The molecule has 0 saturated heterocycles. The monoisotopic (exact) mass is 358 g/mol. The second-order valence-corrected chi connectivity index (χ2v) is 7.94. The van der Waals surface area contributed by atoms with Gasteiger partial charge in [0.05, 0.1) is 23.7 Å². The predicted molar refractivity (Wildman–Crippen MR) is 99.3 cm³/mol. The first-order valence-corrected chi connectivity index (χ1v) is 9.36. The topological polar surface area (TPSA) is 92.1 Å². The van der Waals surface area contributed by atoms with Crippen molar-refractivity contribution in [3.8, 4) is 11.4 Å². The van der Waals surface area contributed by atoms with Crippen LogP contribution in [0.15, 0.2) is 24.3 Å². The first-order chi connectivity index (χ1) is 11.9. The predicted octanol–water partition coefficient (Wildman–Crippen LogP) is 2.20. The lowest BCUT2D eigenvalue weighted by Gasteiger charge is -2.26. The van der Waals surface area contributed by atoms with Gasteiger partial charge in [-0.3, -0.25) is 9.59 Å². The Morgan fingerprint density at radius 2 is 2.04 bits per heavy atom. The lowest BCUT2D eigenvalue weighted by atomic mass is 10.1. The Labute approximate surface area is 151 Å². The molecule has 0 radical (unpaired) electrons. The van der Waals surface area contributed by atoms with E-state index in [2.05, 4.69) is 23.8 Å². The SMILES string of the molecule is CC(C)SCC(=O)N1CCc2nc(-c3ccc(C(N)=O)cc3)[nH]c2C1. The highest BCUT2D eigenvalue weighted by molar-refractivity contribution is 8.00. The molecule has 0 aliphatic carbocycles. The molecule has 0 bridgehead atoms. The summed E-state index contributed by atoms with van der Waals surface area (Å²) in [5, 5.41) is 0.450. The highest BCUT2D eigenvalue weighted by Gasteiger charge is 2.24. The minimum atomic E-state index is -0.446. The average Bonchev–Trinajstić information content (AvgIpc) is 3.02. The van der Waals surface area contributed by atoms with E-state index in [0.717, 1.165) is 29.2 Å². The first kappa shape index (κ1) is 17.5. The Morgan fingerprint density at radius 1 is 1.32 bits per heavy atom. The number of thioether (sulfide) groups is 1. The average molecular weight is 358 g/mol. The number of carbonyl (C=O) groups is 2. The molecule has 1 aliphatic heterocycles. The number of rotatable bonds is 5. The molecule has 0 unspecified atom stereocenters. The number of primary amides is 1. The number of nitrogens with zero attached hydrogens (tertiary/aromatic N) is 2. The van der Waals surface area contributed by atoms with Crippen molar-refractivity contribution in [2.75, 3.05) is 12.3 Å². The number of fused-ring (bicyclic) bond motifs is 1. The van der Waals surface area contributed by atoms with Gasteiger partial charge in [-0.1, -0.05) is 26.0 Å². The van der Waals surface area contributed by atoms with E-state index in [0.29, 0.717) is 29.7 Å². The minimum Gasteiger partial charge on any atom is -0.366 e. The number of H-pyrrole nitrogens is 1. The van der Waals surface area contributed by atoms with Gasteiger partial charge in [0.15, 0.2) is 0 Å². The zero-order valence-electron chi connectivity index (χ0n) is 14.4. The molecule has 2 amide bonds. The molecule has 7 heteroatoms. The number of aromatic amines is 1. The van der Waals surface area contributed by atoms with Crippen LogP contribution in [0.3, 0.4) is 0 Å². The Bertz CT molecular complexity index is 783. The second-order valence-electron chi connectivity index (χ2n) is 6.38. The van der Waals surface area contributed by atoms with Gasteiger partial charge in [0.2, 0.25) is 11.8 Å². The molecule has 3 N–H and O–H groups in total. The lowest BCUT2D eigenvalue weighted by molar-refractivity contribution is -0.129. The fraction of sp³-hybridized carbons (Fsp3) is 0.389. The number of nitrogens with two attached hydrogens (primary N) is 1. The van der Waals surface area contributed by atoms with Gasteiger partial charge in [-0.2, -0.15) is 0 Å². The maximum absolute atomic E-state index is 12.3. The zero-order valence-corrected chi connectivity index (χ0v) is 15.2. The quantitative estimate of drug-likeness (QED) is 0.857. The van der Waals surface area contributed by atoms with Gasteiger partial charge in [0.1, 0.15) is 5.82 Å². The van der Waals surface area contributed by atoms with Gasteiger partial charge in [-0.05, 0) is 17.4 Å². The van der Waals surface area contributed by atoms with Crippen LogP contribution in [0.25, 0.3) is 11.4 Å². The summed E-state index contributed by atoms with van der Waals surface area (Å²) in [5.41, 5.74) is 8.63. The molecule has 1 aliphatic rings. The number of benzene rings is 1. The number of amides is 2. The molecule has 2 aromatic rings. The Morgan fingerprint density at radius 3 is 2.68 bits per heavy atom. The van der Waals surface area contributed by atoms with Gasteiger partial charge in [0, 0.05) is 24.1 Å². The van der Waals surface area contributed by atoms with Crippen LogP contribution in [0.5, 0.6) is 0 Å². The summed E-state index contributed by atoms with van der Waals surface area (Å²) in [4.78, 5) is 33.3. The molecular formula is C18H22N4O2S. The maximum atomic E-state index is 12.3. The summed E-state index contributed by atoms with van der Waals surface area (Å²) in [6.45, 7) is 5.46. The molecule has 0 spiro atoms. The van der Waals surface area contributed by atoms with Crippen LogP contribution in [0.1, 0.15) is 35.6 Å². The van der Waals surface area contributed by atoms with Gasteiger partial charge in [0.25, 0.3) is 0 Å². The third-order valence-electron chi connectivity index (χ3n) is 4.17. The van der Waals surface area contributed by atoms with Gasteiger partial charge in [-0.15, -0.1) is 11.8 Å². The maximum Gasteiger partial charge on any atom is 0.248 e. The van der Waals surface area contributed by atoms with Crippen LogP contribution < -0.4 is 5.73 Å². The summed E-state index contributed by atoms with van der Waals surface area (Å²) >= 11 is 1.67. The molecule has 1 aromatic heterocycles. The molecule has 0 fully saturated rings. The lowest BCUT2D eigenvalue weighted by Crippen LogP contribution is -2.37. The van der Waals surface area contributed by atoms with Crippen LogP contribution in [0.4, 0.5) is 0 Å². The Balaban J connectivity index is 1.72. The standard InChI is InChI=1S/C18H22N4O2S/c1-11(2)25-10-16(23)22-8-7-14-15(9-22)21-18(20-14)13-5-3-12(4-6-13)17(19)24/h3-6,11H,7-10H2,1-2H3,(H2,19,24)(H,20,21). The van der Waals surface area contributed by atoms with Crippen molar-refractivity contribution < 1.29 is 9.59 Å². The summed E-state index contributed by atoms with van der Waals surface area (Å²) < 4.78 is 0. The van der Waals surface area contributed by atoms with Gasteiger partial charge in [-0.25, -0.2) is 4.98 Å². The summed E-state index contributed by atoms with van der Waals surface area (Å²) in [6.07, 6.45) is 0.753. The molecule has 3 rings (SSSR count). The van der Waals surface area contributed by atoms with E-state index in [1.54, 1.807) is 23.9 Å². The van der Waals surface area contributed by atoms with Crippen LogP contribution in [-0.4, -0.2) is 44.2 Å². The summed E-state index contributed by atoms with van der Waals surface area (Å²) in [5.74, 6) is 1.000. The van der Waals surface area contributed by atoms with E-state index in [4.69, 9.17) is 5.73 Å². The fourth-order valence-electron chi connectivity index (χ4n) is 2.77. The van der Waals surface area contributed by atoms with Crippen LogP contribution in [0, 0.1) is 0 Å². The van der Waals surface area contributed by atoms with E-state index in [1.807, 2.05) is 17.0 Å². The summed E-state index contributed by atoms with van der Waals surface area (Å²) in [6, 6.07) is 7.04. The van der Waals surface area contributed by atoms with Crippen molar-refractivity contribution in [1.82, 2.24) is 14.9 Å². The molecule has 25 heavy (non-hydrogen) atoms. The normalized spacial score (nSPS) is 13.8. The number of carbonyl (C=O) groups excluding carboxylic acids is 2. The molecule has 0 atom stereocenters. The van der Waals surface area contributed by atoms with Gasteiger partial charge >= 0.3 is 0 Å². The fourth-order valence-corrected chi connectivity index (χ4v) is 3.42. The molecule has 0 saturated carbocycles.